The first-order chi connectivity index (χ1) is 6.00. The molecule has 6 heteroatoms. The van der Waals surface area contributed by atoms with Gasteiger partial charge in [-0.05, 0) is 18.8 Å². The maximum absolute atomic E-state index is 11.2. The minimum atomic E-state index is -3.60. The van der Waals surface area contributed by atoms with Crippen LogP contribution in [0.5, 0.6) is 0 Å². The van der Waals surface area contributed by atoms with Crippen LogP contribution in [0, 0.1) is 5.92 Å². The number of thiol groups is 1. The Morgan fingerprint density at radius 1 is 1.38 bits per heavy atom. The Labute approximate surface area is 87.6 Å². The summed E-state index contributed by atoms with van der Waals surface area (Å²) in [4.78, 5) is 2.46. The van der Waals surface area contributed by atoms with Crippen molar-refractivity contribution < 1.29 is 8.42 Å². The van der Waals surface area contributed by atoms with E-state index in [4.69, 9.17) is 10.7 Å². The molecule has 0 N–H and O–H groups in total. The molecule has 2 bridgehead atoms. The molecule has 0 aliphatic carbocycles. The van der Waals surface area contributed by atoms with E-state index < -0.39 is 9.05 Å². The van der Waals surface area contributed by atoms with E-state index in [1.54, 1.807) is 0 Å². The molecule has 3 aliphatic heterocycles. The standard InChI is InChI=1S/C7H10ClNO2S2/c8-13(10,11)7-6(12)5-1-3-9(7)4-2-5/h5,12H,1-4H2. The Morgan fingerprint density at radius 3 is 2.23 bits per heavy atom. The Hall–Kier alpha value is 0.130. The van der Waals surface area contributed by atoms with Crippen molar-refractivity contribution in [3.05, 3.63) is 9.93 Å². The molecule has 0 aromatic carbocycles. The molecule has 74 valence electrons. The summed E-state index contributed by atoms with van der Waals surface area (Å²) in [6, 6.07) is 0. The van der Waals surface area contributed by atoms with Gasteiger partial charge in [-0.1, -0.05) is 0 Å². The molecule has 13 heavy (non-hydrogen) atoms. The van der Waals surface area contributed by atoms with E-state index in [0.717, 1.165) is 25.9 Å². The summed E-state index contributed by atoms with van der Waals surface area (Å²) in [6.07, 6.45) is 1.99. The van der Waals surface area contributed by atoms with E-state index in [1.165, 1.54) is 0 Å². The lowest BCUT2D eigenvalue weighted by Gasteiger charge is -2.40. The van der Waals surface area contributed by atoms with Gasteiger partial charge >= 0.3 is 0 Å². The minimum Gasteiger partial charge on any atom is -0.361 e. The predicted molar refractivity (Wildman–Crippen MR) is 55.1 cm³/mol. The third-order valence-corrected chi connectivity index (χ3v) is 4.73. The van der Waals surface area contributed by atoms with Crippen molar-refractivity contribution in [1.82, 2.24) is 4.90 Å². The molecule has 0 unspecified atom stereocenters. The Bertz CT molecular complexity index is 355. The zero-order valence-corrected chi connectivity index (χ0v) is 9.37. The molecule has 3 aliphatic rings. The van der Waals surface area contributed by atoms with Gasteiger partial charge in [-0.15, -0.1) is 12.6 Å². The fourth-order valence-electron chi connectivity index (χ4n) is 1.97. The maximum atomic E-state index is 11.2. The smallest absolute Gasteiger partial charge is 0.277 e. The van der Waals surface area contributed by atoms with Crippen molar-refractivity contribution in [1.29, 1.82) is 0 Å². The van der Waals surface area contributed by atoms with Gasteiger partial charge in [-0.3, -0.25) is 0 Å². The van der Waals surface area contributed by atoms with Crippen LogP contribution in [-0.2, 0) is 9.05 Å². The van der Waals surface area contributed by atoms with E-state index in [0.29, 0.717) is 10.8 Å². The van der Waals surface area contributed by atoms with Crippen LogP contribution in [0.2, 0.25) is 0 Å². The summed E-state index contributed by atoms with van der Waals surface area (Å²) in [6.45, 7) is 1.58. The van der Waals surface area contributed by atoms with Gasteiger partial charge < -0.3 is 4.90 Å². The van der Waals surface area contributed by atoms with Crippen molar-refractivity contribution in [2.24, 2.45) is 5.92 Å². The third-order valence-electron chi connectivity index (χ3n) is 2.62. The van der Waals surface area contributed by atoms with Gasteiger partial charge in [-0.25, -0.2) is 8.42 Å². The summed E-state index contributed by atoms with van der Waals surface area (Å²) in [5.74, 6) is 0.303. The van der Waals surface area contributed by atoms with E-state index in [2.05, 4.69) is 12.6 Å². The van der Waals surface area contributed by atoms with Gasteiger partial charge in [0.15, 0.2) is 5.03 Å². The largest absolute Gasteiger partial charge is 0.361 e. The van der Waals surface area contributed by atoms with Crippen LogP contribution in [0.4, 0.5) is 0 Å². The van der Waals surface area contributed by atoms with Gasteiger partial charge in [-0.2, -0.15) is 0 Å². The van der Waals surface area contributed by atoms with Crippen molar-refractivity contribution in [3.63, 3.8) is 0 Å². The normalized spacial score (nSPS) is 24.3. The number of allylic oxidation sites excluding steroid dienone is 1. The third kappa shape index (κ3) is 1.57. The summed E-state index contributed by atoms with van der Waals surface area (Å²) in [7, 11) is 1.72. The molecule has 3 rings (SSSR count). The number of hydrogen-bond donors (Lipinski definition) is 1. The molecular formula is C7H10ClNO2S2. The number of rotatable bonds is 1. The number of nitrogens with zero attached hydrogens (tertiary/aromatic N) is 1. The molecule has 3 heterocycles. The van der Waals surface area contributed by atoms with E-state index >= 15 is 0 Å². The second kappa shape index (κ2) is 3.07. The van der Waals surface area contributed by atoms with Crippen molar-refractivity contribution in [2.75, 3.05) is 13.1 Å². The van der Waals surface area contributed by atoms with Gasteiger partial charge in [0.05, 0.1) is 0 Å². The highest BCUT2D eigenvalue weighted by molar-refractivity contribution is 8.17. The average Bonchev–Trinajstić information content (AvgIpc) is 2.03. The second-order valence-electron chi connectivity index (χ2n) is 3.39. The molecule has 0 spiro atoms. The van der Waals surface area contributed by atoms with E-state index in [-0.39, 0.29) is 5.03 Å². The maximum Gasteiger partial charge on any atom is 0.277 e. The van der Waals surface area contributed by atoms with Crippen LogP contribution in [0.15, 0.2) is 9.93 Å². The molecule has 0 atom stereocenters. The van der Waals surface area contributed by atoms with Crippen LogP contribution in [-0.4, -0.2) is 26.4 Å². The van der Waals surface area contributed by atoms with Gasteiger partial charge in [0.2, 0.25) is 0 Å². The Morgan fingerprint density at radius 2 is 1.92 bits per heavy atom. The number of halogens is 1. The zero-order chi connectivity index (χ0) is 9.64. The first-order valence-electron chi connectivity index (χ1n) is 4.13. The minimum absolute atomic E-state index is 0.236. The number of hydrogen-bond acceptors (Lipinski definition) is 4. The van der Waals surface area contributed by atoms with Crippen LogP contribution in [0.1, 0.15) is 12.8 Å². The Kier molecular flexibility index (Phi) is 2.28. The van der Waals surface area contributed by atoms with E-state index in [9.17, 15) is 8.42 Å². The topological polar surface area (TPSA) is 37.4 Å². The Balaban J connectivity index is 2.52. The summed E-state index contributed by atoms with van der Waals surface area (Å²) < 4.78 is 22.4. The van der Waals surface area contributed by atoms with Crippen molar-refractivity contribution in [3.8, 4) is 0 Å². The highest BCUT2D eigenvalue weighted by Crippen LogP contribution is 2.40. The fourth-order valence-corrected chi connectivity index (χ4v) is 4.34. The van der Waals surface area contributed by atoms with Gasteiger partial charge in [0, 0.05) is 28.7 Å². The first kappa shape index (κ1) is 9.68. The molecule has 0 aromatic heterocycles. The van der Waals surface area contributed by atoms with Crippen molar-refractivity contribution in [2.45, 2.75) is 12.8 Å². The lowest BCUT2D eigenvalue weighted by Crippen LogP contribution is -2.41. The molecule has 0 aromatic rings. The van der Waals surface area contributed by atoms with Crippen LogP contribution in [0.3, 0.4) is 0 Å². The monoisotopic (exact) mass is 239 g/mol. The van der Waals surface area contributed by atoms with E-state index in [1.807, 2.05) is 4.90 Å². The molecule has 0 radical (unpaired) electrons. The molecule has 1 saturated heterocycles. The van der Waals surface area contributed by atoms with Crippen molar-refractivity contribution >= 4 is 32.4 Å². The van der Waals surface area contributed by atoms with Crippen LogP contribution >= 0.6 is 23.3 Å². The SMILES string of the molecule is O=S(=O)(Cl)C1=C(S)C2CCN1CC2. The lowest BCUT2D eigenvalue weighted by atomic mass is 9.93. The number of fused-ring (bicyclic) bond motifs is 2. The fraction of sp³-hybridized carbons (Fsp3) is 0.714. The lowest BCUT2D eigenvalue weighted by molar-refractivity contribution is 0.230. The summed E-state index contributed by atoms with van der Waals surface area (Å²) >= 11 is 4.23. The predicted octanol–water partition coefficient (Wildman–Crippen LogP) is 1.38. The quantitative estimate of drug-likeness (QED) is 0.555. The molecular weight excluding hydrogens is 230 g/mol. The van der Waals surface area contributed by atoms with Crippen LogP contribution < -0.4 is 0 Å². The summed E-state index contributed by atoms with van der Waals surface area (Å²) in [5.41, 5.74) is 0. The summed E-state index contributed by atoms with van der Waals surface area (Å²) in [5, 5.41) is 0.236. The zero-order valence-electron chi connectivity index (χ0n) is 6.90. The highest BCUT2D eigenvalue weighted by Gasteiger charge is 2.36. The number of piperidine rings is 1. The molecule has 0 saturated carbocycles. The first-order valence-corrected chi connectivity index (χ1v) is 6.88. The average molecular weight is 240 g/mol. The highest BCUT2D eigenvalue weighted by atomic mass is 35.7. The van der Waals surface area contributed by atoms with Gasteiger partial charge in [0.25, 0.3) is 9.05 Å². The van der Waals surface area contributed by atoms with Gasteiger partial charge in [0.1, 0.15) is 0 Å². The second-order valence-corrected chi connectivity index (χ2v) is 6.35. The van der Waals surface area contributed by atoms with Crippen LogP contribution in [0.25, 0.3) is 0 Å². The molecule has 0 amide bonds. The molecule has 1 fully saturated rings. The molecule has 3 nitrogen and oxygen atoms in total.